The molecule has 3 unspecified atom stereocenters. The zero-order chi connectivity index (χ0) is 13.3. The summed E-state index contributed by atoms with van der Waals surface area (Å²) < 4.78 is 1.23. The summed E-state index contributed by atoms with van der Waals surface area (Å²) in [5, 5.41) is 3.72. The second-order valence-corrected chi connectivity index (χ2v) is 6.83. The van der Waals surface area contributed by atoms with Gasteiger partial charge in [-0.25, -0.2) is 0 Å². The van der Waals surface area contributed by atoms with Crippen LogP contribution in [0.2, 0.25) is 0 Å². The van der Waals surface area contributed by atoms with Crippen LogP contribution in [0.15, 0.2) is 16.6 Å². The Hall–Kier alpha value is -0.500. The van der Waals surface area contributed by atoms with Gasteiger partial charge in [-0.05, 0) is 68.2 Å². The molecule has 18 heavy (non-hydrogen) atoms. The lowest BCUT2D eigenvalue weighted by atomic mass is 9.79. The molecule has 0 aliphatic heterocycles. The van der Waals surface area contributed by atoms with Gasteiger partial charge in [0, 0.05) is 16.2 Å². The van der Waals surface area contributed by atoms with Crippen molar-refractivity contribution in [1.82, 2.24) is 0 Å². The topological polar surface area (TPSA) is 12.0 Å². The van der Waals surface area contributed by atoms with Crippen molar-refractivity contribution < 1.29 is 0 Å². The van der Waals surface area contributed by atoms with E-state index in [2.05, 4.69) is 61.1 Å². The fourth-order valence-corrected chi connectivity index (χ4v) is 3.17. The van der Waals surface area contributed by atoms with E-state index < -0.39 is 0 Å². The first kappa shape index (κ1) is 13.9. The SMILES string of the molecule is Cc1cc(NC2CCC(C)C(C)C2)cc(C)c1Br. The lowest BCUT2D eigenvalue weighted by Gasteiger charge is -2.33. The molecule has 1 aromatic carbocycles. The molecule has 1 N–H and O–H groups in total. The maximum atomic E-state index is 3.72. The first-order valence-corrected chi connectivity index (χ1v) is 7.80. The van der Waals surface area contributed by atoms with Crippen molar-refractivity contribution in [3.63, 3.8) is 0 Å². The van der Waals surface area contributed by atoms with Crippen LogP contribution in [0.1, 0.15) is 44.2 Å². The molecule has 2 heteroatoms. The minimum atomic E-state index is 0.649. The molecule has 0 radical (unpaired) electrons. The molecular weight excluding hydrogens is 286 g/mol. The van der Waals surface area contributed by atoms with E-state index in [1.807, 2.05) is 0 Å². The van der Waals surface area contributed by atoms with Crippen LogP contribution < -0.4 is 5.32 Å². The summed E-state index contributed by atoms with van der Waals surface area (Å²) in [6.07, 6.45) is 3.96. The third kappa shape index (κ3) is 3.09. The van der Waals surface area contributed by atoms with Gasteiger partial charge in [-0.15, -0.1) is 0 Å². The summed E-state index contributed by atoms with van der Waals surface area (Å²) >= 11 is 3.63. The molecule has 1 aromatic rings. The maximum Gasteiger partial charge on any atom is 0.0348 e. The summed E-state index contributed by atoms with van der Waals surface area (Å²) in [6.45, 7) is 9.09. The molecule has 1 nitrogen and oxygen atoms in total. The first-order chi connectivity index (χ1) is 8.47. The molecule has 0 heterocycles. The van der Waals surface area contributed by atoms with Gasteiger partial charge in [0.15, 0.2) is 0 Å². The molecule has 3 atom stereocenters. The second-order valence-electron chi connectivity index (χ2n) is 6.03. The highest BCUT2D eigenvalue weighted by Crippen LogP contribution is 2.32. The molecular formula is C16H24BrN. The van der Waals surface area contributed by atoms with Gasteiger partial charge in [-0.1, -0.05) is 29.8 Å². The van der Waals surface area contributed by atoms with Gasteiger partial charge in [-0.2, -0.15) is 0 Å². The minimum Gasteiger partial charge on any atom is -0.382 e. The average Bonchev–Trinajstić information content (AvgIpc) is 2.31. The Bertz CT molecular complexity index is 404. The Morgan fingerprint density at radius 1 is 1.06 bits per heavy atom. The molecule has 1 fully saturated rings. The number of benzene rings is 1. The summed E-state index contributed by atoms with van der Waals surface area (Å²) in [6, 6.07) is 5.15. The van der Waals surface area contributed by atoms with Gasteiger partial charge >= 0.3 is 0 Å². The van der Waals surface area contributed by atoms with Crippen LogP contribution in [-0.2, 0) is 0 Å². The fourth-order valence-electron chi connectivity index (χ4n) is 2.94. The van der Waals surface area contributed by atoms with Crippen molar-refractivity contribution in [2.45, 2.75) is 53.0 Å². The van der Waals surface area contributed by atoms with Gasteiger partial charge in [0.1, 0.15) is 0 Å². The monoisotopic (exact) mass is 309 g/mol. The summed E-state index contributed by atoms with van der Waals surface area (Å²) in [7, 11) is 0. The first-order valence-electron chi connectivity index (χ1n) is 7.00. The van der Waals surface area contributed by atoms with Crippen LogP contribution in [-0.4, -0.2) is 6.04 Å². The van der Waals surface area contributed by atoms with Crippen molar-refractivity contribution in [2.24, 2.45) is 11.8 Å². The number of aryl methyl sites for hydroxylation is 2. The van der Waals surface area contributed by atoms with E-state index in [1.165, 1.54) is 40.5 Å². The molecule has 0 saturated heterocycles. The third-order valence-corrected chi connectivity index (χ3v) is 5.66. The highest BCUT2D eigenvalue weighted by Gasteiger charge is 2.24. The highest BCUT2D eigenvalue weighted by atomic mass is 79.9. The average molecular weight is 310 g/mol. The largest absolute Gasteiger partial charge is 0.382 e. The summed E-state index contributed by atoms with van der Waals surface area (Å²) in [5.41, 5.74) is 3.91. The van der Waals surface area contributed by atoms with Crippen LogP contribution in [0, 0.1) is 25.7 Å². The van der Waals surface area contributed by atoms with Gasteiger partial charge in [0.2, 0.25) is 0 Å². The van der Waals surface area contributed by atoms with Crippen molar-refractivity contribution in [3.05, 3.63) is 27.7 Å². The summed E-state index contributed by atoms with van der Waals surface area (Å²) in [4.78, 5) is 0. The Morgan fingerprint density at radius 3 is 2.22 bits per heavy atom. The van der Waals surface area contributed by atoms with E-state index in [9.17, 15) is 0 Å². The van der Waals surface area contributed by atoms with E-state index in [1.54, 1.807) is 0 Å². The van der Waals surface area contributed by atoms with E-state index in [0.29, 0.717) is 6.04 Å². The second kappa shape index (κ2) is 5.64. The van der Waals surface area contributed by atoms with Crippen molar-refractivity contribution >= 4 is 21.6 Å². The number of hydrogen-bond acceptors (Lipinski definition) is 1. The molecule has 0 bridgehead atoms. The zero-order valence-corrected chi connectivity index (χ0v) is 13.5. The van der Waals surface area contributed by atoms with Crippen LogP contribution in [0.4, 0.5) is 5.69 Å². The number of rotatable bonds is 2. The minimum absolute atomic E-state index is 0.649. The van der Waals surface area contributed by atoms with E-state index in [4.69, 9.17) is 0 Å². The van der Waals surface area contributed by atoms with Gasteiger partial charge in [0.05, 0.1) is 0 Å². The standard InChI is InChI=1S/C16H24BrN/c1-10-5-6-14(7-11(10)2)18-15-8-12(3)16(17)13(4)9-15/h8-11,14,18H,5-7H2,1-4H3. The van der Waals surface area contributed by atoms with Crippen molar-refractivity contribution in [2.75, 3.05) is 5.32 Å². The smallest absolute Gasteiger partial charge is 0.0348 e. The molecule has 0 aromatic heterocycles. The Kier molecular flexibility index (Phi) is 4.37. The lowest BCUT2D eigenvalue weighted by Crippen LogP contribution is -2.30. The Balaban J connectivity index is 2.06. The molecule has 1 saturated carbocycles. The number of hydrogen-bond donors (Lipinski definition) is 1. The fraction of sp³-hybridized carbons (Fsp3) is 0.625. The quantitative estimate of drug-likeness (QED) is 0.781. The van der Waals surface area contributed by atoms with Crippen LogP contribution in [0.3, 0.4) is 0 Å². The number of anilines is 1. The molecule has 0 spiro atoms. The van der Waals surface area contributed by atoms with Crippen LogP contribution >= 0.6 is 15.9 Å². The molecule has 100 valence electrons. The predicted octanol–water partition coefficient (Wildman–Crippen LogP) is 5.30. The van der Waals surface area contributed by atoms with Gasteiger partial charge < -0.3 is 5.32 Å². The predicted molar refractivity (Wildman–Crippen MR) is 83.2 cm³/mol. The molecule has 2 rings (SSSR count). The normalized spacial score (nSPS) is 28.2. The maximum absolute atomic E-state index is 3.72. The Morgan fingerprint density at radius 2 is 1.67 bits per heavy atom. The van der Waals surface area contributed by atoms with Crippen molar-refractivity contribution in [1.29, 1.82) is 0 Å². The summed E-state index contributed by atoms with van der Waals surface area (Å²) in [5.74, 6) is 1.73. The van der Waals surface area contributed by atoms with Gasteiger partial charge in [0.25, 0.3) is 0 Å². The van der Waals surface area contributed by atoms with Gasteiger partial charge in [-0.3, -0.25) is 0 Å². The Labute approximate surface area is 119 Å². The molecule has 0 amide bonds. The van der Waals surface area contributed by atoms with Crippen molar-refractivity contribution in [3.8, 4) is 0 Å². The van der Waals surface area contributed by atoms with E-state index in [-0.39, 0.29) is 0 Å². The molecule has 1 aliphatic rings. The third-order valence-electron chi connectivity index (χ3n) is 4.41. The van der Waals surface area contributed by atoms with Crippen LogP contribution in [0.5, 0.6) is 0 Å². The van der Waals surface area contributed by atoms with E-state index >= 15 is 0 Å². The van der Waals surface area contributed by atoms with Crippen LogP contribution in [0.25, 0.3) is 0 Å². The zero-order valence-electron chi connectivity index (χ0n) is 11.9. The number of nitrogens with one attached hydrogen (secondary N) is 1. The van der Waals surface area contributed by atoms with E-state index in [0.717, 1.165) is 11.8 Å². The molecule has 1 aliphatic carbocycles. The highest BCUT2D eigenvalue weighted by molar-refractivity contribution is 9.10. The number of halogens is 1. The lowest BCUT2D eigenvalue weighted by molar-refractivity contribution is 0.261.